The lowest BCUT2D eigenvalue weighted by atomic mass is 9.98. The number of benzene rings is 9. The van der Waals surface area contributed by atoms with Gasteiger partial charge in [0.05, 0.1) is 5.69 Å². The van der Waals surface area contributed by atoms with Crippen LogP contribution in [-0.2, 0) is 0 Å². The highest BCUT2D eigenvalue weighted by Gasteiger charge is 2.20. The summed E-state index contributed by atoms with van der Waals surface area (Å²) in [6, 6.07) is 66.3. The average Bonchev–Trinajstić information content (AvgIpc) is 3.95. The number of furan rings is 3. The molecule has 0 saturated carbocycles. The van der Waals surface area contributed by atoms with Crippen LogP contribution in [0.2, 0.25) is 0 Å². The molecule has 0 aliphatic heterocycles. The molecule has 0 fully saturated rings. The van der Waals surface area contributed by atoms with E-state index in [1.807, 2.05) is 24.3 Å². The van der Waals surface area contributed by atoms with Crippen LogP contribution in [0.4, 0.5) is 17.1 Å². The maximum atomic E-state index is 6.50. The van der Waals surface area contributed by atoms with Gasteiger partial charge in [-0.05, 0) is 101 Å². The van der Waals surface area contributed by atoms with E-state index >= 15 is 0 Å². The summed E-state index contributed by atoms with van der Waals surface area (Å²) in [5.41, 5.74) is 13.0. The molecule has 262 valence electrons. The van der Waals surface area contributed by atoms with Crippen molar-refractivity contribution in [3.63, 3.8) is 0 Å². The Kier molecular flexibility index (Phi) is 6.60. The molecule has 0 atom stereocenters. The van der Waals surface area contributed by atoms with E-state index in [1.165, 1.54) is 5.39 Å². The SMILES string of the molecule is c1ccc(N(c2ccc(-c3ccc4oc5ccccc5c4c3)cc2)c2ccc3oc4ccccc4c3c2)c(-c2ccc3oc4c5ccccc5ccc4c3c2)c1. The van der Waals surface area contributed by atoms with Crippen LogP contribution in [0.3, 0.4) is 0 Å². The Balaban J connectivity index is 1.03. The quantitative estimate of drug-likeness (QED) is 0.178. The van der Waals surface area contributed by atoms with Crippen molar-refractivity contribution < 1.29 is 13.3 Å². The lowest BCUT2D eigenvalue weighted by molar-refractivity contribution is 0.668. The van der Waals surface area contributed by atoms with Crippen LogP contribution in [0, 0.1) is 0 Å². The minimum Gasteiger partial charge on any atom is -0.456 e. The van der Waals surface area contributed by atoms with Crippen molar-refractivity contribution in [1.82, 2.24) is 0 Å². The van der Waals surface area contributed by atoms with E-state index in [0.29, 0.717) is 0 Å². The Morgan fingerprint density at radius 1 is 0.304 bits per heavy atom. The summed E-state index contributed by atoms with van der Waals surface area (Å²) in [5, 5.41) is 8.93. The average molecular weight is 718 g/mol. The topological polar surface area (TPSA) is 42.7 Å². The summed E-state index contributed by atoms with van der Waals surface area (Å²) in [7, 11) is 0. The van der Waals surface area contributed by atoms with E-state index in [9.17, 15) is 0 Å². The minimum atomic E-state index is 0.866. The van der Waals surface area contributed by atoms with Crippen molar-refractivity contribution >= 4 is 93.7 Å². The molecule has 0 N–H and O–H groups in total. The van der Waals surface area contributed by atoms with Gasteiger partial charge in [0, 0.05) is 54.6 Å². The highest BCUT2D eigenvalue weighted by Crippen LogP contribution is 2.45. The van der Waals surface area contributed by atoms with Crippen LogP contribution in [0.1, 0.15) is 0 Å². The van der Waals surface area contributed by atoms with Crippen molar-refractivity contribution in [2.75, 3.05) is 4.90 Å². The van der Waals surface area contributed by atoms with E-state index in [4.69, 9.17) is 13.3 Å². The van der Waals surface area contributed by atoms with Gasteiger partial charge in [-0.1, -0.05) is 109 Å². The van der Waals surface area contributed by atoms with Crippen LogP contribution in [0.15, 0.2) is 201 Å². The first-order valence-corrected chi connectivity index (χ1v) is 18.9. The maximum Gasteiger partial charge on any atom is 0.143 e. The third-order valence-electron chi connectivity index (χ3n) is 11.3. The predicted molar refractivity (Wildman–Crippen MR) is 231 cm³/mol. The third kappa shape index (κ3) is 4.73. The van der Waals surface area contributed by atoms with Crippen molar-refractivity contribution in [1.29, 1.82) is 0 Å². The smallest absolute Gasteiger partial charge is 0.143 e. The number of para-hydroxylation sites is 3. The molecule has 0 amide bonds. The molecule has 0 unspecified atom stereocenters. The summed E-state index contributed by atoms with van der Waals surface area (Å²) in [6.07, 6.45) is 0. The fourth-order valence-electron chi connectivity index (χ4n) is 8.57. The first kappa shape index (κ1) is 30.9. The predicted octanol–water partition coefficient (Wildman–Crippen LogP) is 15.3. The zero-order chi connectivity index (χ0) is 36.7. The summed E-state index contributed by atoms with van der Waals surface area (Å²) in [6.45, 7) is 0. The second-order valence-corrected chi connectivity index (χ2v) is 14.5. The Hall–Kier alpha value is -7.56. The molecule has 0 saturated heterocycles. The Labute approximate surface area is 321 Å². The highest BCUT2D eigenvalue weighted by atomic mass is 16.3. The molecule has 9 aromatic carbocycles. The van der Waals surface area contributed by atoms with Gasteiger partial charge < -0.3 is 18.2 Å². The van der Waals surface area contributed by atoms with Gasteiger partial charge in [-0.2, -0.15) is 0 Å². The monoisotopic (exact) mass is 717 g/mol. The minimum absolute atomic E-state index is 0.866. The first-order chi connectivity index (χ1) is 27.7. The maximum absolute atomic E-state index is 6.50. The largest absolute Gasteiger partial charge is 0.456 e. The number of rotatable bonds is 5. The molecule has 0 aliphatic rings. The summed E-state index contributed by atoms with van der Waals surface area (Å²) >= 11 is 0. The fraction of sp³-hybridized carbons (Fsp3) is 0. The zero-order valence-corrected chi connectivity index (χ0v) is 30.1. The van der Waals surface area contributed by atoms with E-state index in [2.05, 4.69) is 169 Å². The third-order valence-corrected chi connectivity index (χ3v) is 11.3. The molecule has 4 nitrogen and oxygen atoms in total. The van der Waals surface area contributed by atoms with Gasteiger partial charge in [0.25, 0.3) is 0 Å². The molecule has 0 radical (unpaired) electrons. The first-order valence-electron chi connectivity index (χ1n) is 18.9. The molecule has 0 spiro atoms. The highest BCUT2D eigenvalue weighted by molar-refractivity contribution is 6.16. The summed E-state index contributed by atoms with van der Waals surface area (Å²) < 4.78 is 18.9. The molecule has 3 heterocycles. The van der Waals surface area contributed by atoms with Crippen molar-refractivity contribution in [3.8, 4) is 22.3 Å². The van der Waals surface area contributed by atoms with E-state index in [0.717, 1.165) is 111 Å². The number of fused-ring (bicyclic) bond motifs is 11. The number of hydrogen-bond donors (Lipinski definition) is 0. The van der Waals surface area contributed by atoms with Crippen LogP contribution < -0.4 is 4.90 Å². The van der Waals surface area contributed by atoms with E-state index in [1.54, 1.807) is 0 Å². The van der Waals surface area contributed by atoms with Crippen molar-refractivity contribution in [2.45, 2.75) is 0 Å². The van der Waals surface area contributed by atoms with Crippen LogP contribution in [0.25, 0.3) is 98.8 Å². The number of hydrogen-bond acceptors (Lipinski definition) is 4. The van der Waals surface area contributed by atoms with Gasteiger partial charge in [0.2, 0.25) is 0 Å². The molecule has 56 heavy (non-hydrogen) atoms. The van der Waals surface area contributed by atoms with Gasteiger partial charge in [-0.3, -0.25) is 0 Å². The summed E-state index contributed by atoms with van der Waals surface area (Å²) in [4.78, 5) is 2.36. The molecule has 0 aliphatic carbocycles. The lowest BCUT2D eigenvalue weighted by Gasteiger charge is -2.28. The number of nitrogens with zero attached hydrogens (tertiary/aromatic N) is 1. The van der Waals surface area contributed by atoms with E-state index < -0.39 is 0 Å². The van der Waals surface area contributed by atoms with Crippen molar-refractivity contribution in [2.24, 2.45) is 0 Å². The van der Waals surface area contributed by atoms with E-state index in [-0.39, 0.29) is 0 Å². The number of anilines is 3. The van der Waals surface area contributed by atoms with Crippen LogP contribution in [-0.4, -0.2) is 0 Å². The molecule has 3 aromatic heterocycles. The lowest BCUT2D eigenvalue weighted by Crippen LogP contribution is -2.11. The van der Waals surface area contributed by atoms with Crippen LogP contribution in [0.5, 0.6) is 0 Å². The molecule has 12 aromatic rings. The summed E-state index contributed by atoms with van der Waals surface area (Å²) in [5.74, 6) is 0. The molecular weight excluding hydrogens is 687 g/mol. The normalized spacial score (nSPS) is 11.9. The standard InChI is InChI=1S/C52H31NO3/c1-2-11-39-33(9-1)19-25-42-44-30-35(21-27-51(44)56-52(39)42)38-10-3-6-14-46(38)53(37-24-28-50-45(31-37)41-13-5-8-16-48(41)55-50)36-22-17-32(18-23-36)34-20-26-49-43(29-34)40-12-4-7-15-47(40)54-49/h1-31H. The van der Waals surface area contributed by atoms with Gasteiger partial charge >= 0.3 is 0 Å². The van der Waals surface area contributed by atoms with Gasteiger partial charge in [0.15, 0.2) is 0 Å². The van der Waals surface area contributed by atoms with Crippen molar-refractivity contribution in [3.05, 3.63) is 188 Å². The molecule has 0 bridgehead atoms. The van der Waals surface area contributed by atoms with Gasteiger partial charge in [0.1, 0.15) is 33.5 Å². The Morgan fingerprint density at radius 3 is 1.62 bits per heavy atom. The Morgan fingerprint density at radius 2 is 0.839 bits per heavy atom. The second-order valence-electron chi connectivity index (χ2n) is 14.5. The van der Waals surface area contributed by atoms with Gasteiger partial charge in [-0.25, -0.2) is 0 Å². The molecule has 4 heteroatoms. The molecule has 12 rings (SSSR count). The second kappa shape index (κ2) is 12.0. The zero-order valence-electron chi connectivity index (χ0n) is 30.1. The fourth-order valence-corrected chi connectivity index (χ4v) is 8.57. The van der Waals surface area contributed by atoms with Crippen LogP contribution >= 0.6 is 0 Å². The van der Waals surface area contributed by atoms with Gasteiger partial charge in [-0.15, -0.1) is 0 Å². The molecular formula is C52H31NO3. The Bertz CT molecular complexity index is 3490.